The van der Waals surface area contributed by atoms with Crippen LogP contribution in [0.5, 0.6) is 0 Å². The summed E-state index contributed by atoms with van der Waals surface area (Å²) in [5, 5.41) is -0.0389. The first kappa shape index (κ1) is 24.7. The molecule has 55 heavy (non-hydrogen) atoms. The average Bonchev–Trinajstić information content (AvgIpc) is 3.71. The lowest BCUT2D eigenvalue weighted by atomic mass is 9.99. The van der Waals surface area contributed by atoms with E-state index in [0.29, 0.717) is 22.9 Å². The molecule has 0 aliphatic rings. The summed E-state index contributed by atoms with van der Waals surface area (Å²) >= 11 is 0. The molecule has 258 valence electrons. The van der Waals surface area contributed by atoms with Crippen molar-refractivity contribution in [2.75, 3.05) is 0 Å². The van der Waals surface area contributed by atoms with E-state index in [1.807, 2.05) is 121 Å². The number of aromatic nitrogens is 4. The summed E-state index contributed by atoms with van der Waals surface area (Å²) in [5.74, 6) is 1.01. The number of benzene rings is 8. The zero-order chi connectivity index (χ0) is 43.5. The highest BCUT2D eigenvalue weighted by molar-refractivity contribution is 6.09. The van der Waals surface area contributed by atoms with E-state index in [-0.39, 0.29) is 27.6 Å². The summed E-state index contributed by atoms with van der Waals surface area (Å²) < 4.78 is 72.9. The molecule has 0 fully saturated rings. The molecule has 10 aromatic rings. The fourth-order valence-corrected chi connectivity index (χ4v) is 7.04. The highest BCUT2D eigenvalue weighted by atomic mass is 15.1. The van der Waals surface area contributed by atoms with Crippen molar-refractivity contribution in [1.29, 1.82) is 0 Å². The second-order valence-corrected chi connectivity index (χ2v) is 13.1. The molecule has 0 spiro atoms. The van der Waals surface area contributed by atoms with Gasteiger partial charge in [-0.05, 0) is 63.7 Å². The molecule has 0 aliphatic heterocycles. The highest BCUT2D eigenvalue weighted by Gasteiger charge is 2.20. The predicted octanol–water partition coefficient (Wildman–Crippen LogP) is 13.0. The van der Waals surface area contributed by atoms with Crippen molar-refractivity contribution in [2.45, 2.75) is 0 Å². The number of nitrogens with zero attached hydrogens (tertiary/aromatic N) is 4. The molecule has 8 aromatic carbocycles. The van der Waals surface area contributed by atoms with Crippen LogP contribution in [0, 0.1) is 0 Å². The minimum Gasteiger partial charge on any atom is -0.308 e. The smallest absolute Gasteiger partial charge is 0.166 e. The van der Waals surface area contributed by atoms with Crippen LogP contribution in [0.15, 0.2) is 206 Å². The SMILES string of the molecule is [2H]c1c([2H])c([2H])c2c(c1[2H])c1c([2H])c([2H])c([2H])c([2H])c1n2-c1cc(-c2ccccc2)ccc1-c1nc(-c2ccccc2)nc(-c2cccc(-c3ccc(-c4ccccc4)cc3)c2)n1. The van der Waals surface area contributed by atoms with Gasteiger partial charge in [0.25, 0.3) is 0 Å². The molecule has 0 N–H and O–H groups in total. The topological polar surface area (TPSA) is 43.6 Å². The third kappa shape index (κ3) is 6.06. The number of hydrogen-bond donors (Lipinski definition) is 0. The fraction of sp³-hybridized carbons (Fsp3) is 0. The van der Waals surface area contributed by atoms with Crippen LogP contribution in [0.1, 0.15) is 11.0 Å². The van der Waals surface area contributed by atoms with E-state index in [1.54, 1.807) is 0 Å². The van der Waals surface area contributed by atoms with Crippen LogP contribution in [0.25, 0.3) is 95.0 Å². The molecular weight excluding hydrogens is 669 g/mol. The molecule has 4 heteroatoms. The number of hydrogen-bond acceptors (Lipinski definition) is 3. The van der Waals surface area contributed by atoms with Crippen molar-refractivity contribution < 1.29 is 11.0 Å². The Hall–Kier alpha value is -7.43. The Kier molecular flexibility index (Phi) is 6.23. The molecule has 0 atom stereocenters. The number of para-hydroxylation sites is 2. The van der Waals surface area contributed by atoms with Crippen molar-refractivity contribution in [1.82, 2.24) is 19.5 Å². The molecule has 0 radical (unpaired) electrons. The highest BCUT2D eigenvalue weighted by Crippen LogP contribution is 2.38. The minimum absolute atomic E-state index is 0.00184. The zero-order valence-electron chi connectivity index (χ0n) is 37.3. The van der Waals surface area contributed by atoms with E-state index in [9.17, 15) is 2.74 Å². The Balaban J connectivity index is 1.25. The van der Waals surface area contributed by atoms with E-state index in [1.165, 1.54) is 4.57 Å². The Bertz CT molecular complexity index is 3340. The van der Waals surface area contributed by atoms with E-state index in [2.05, 4.69) is 36.4 Å². The Morgan fingerprint density at radius 2 is 0.764 bits per heavy atom. The first-order valence-electron chi connectivity index (χ1n) is 21.9. The molecule has 0 amide bonds. The van der Waals surface area contributed by atoms with Gasteiger partial charge in [-0.3, -0.25) is 0 Å². The first-order valence-corrected chi connectivity index (χ1v) is 17.9. The maximum atomic E-state index is 9.26. The van der Waals surface area contributed by atoms with Gasteiger partial charge in [0.05, 0.1) is 27.7 Å². The molecule has 0 bridgehead atoms. The van der Waals surface area contributed by atoms with Gasteiger partial charge in [0, 0.05) is 27.5 Å². The maximum absolute atomic E-state index is 9.26. The van der Waals surface area contributed by atoms with Gasteiger partial charge in [0.2, 0.25) is 0 Å². The summed E-state index contributed by atoms with van der Waals surface area (Å²) in [7, 11) is 0. The van der Waals surface area contributed by atoms with Gasteiger partial charge in [-0.2, -0.15) is 0 Å². The summed E-state index contributed by atoms with van der Waals surface area (Å²) in [6, 6.07) is 47.6. The molecular formula is C51H34N4. The van der Waals surface area contributed by atoms with E-state index < -0.39 is 48.3 Å². The minimum atomic E-state index is -0.513. The molecule has 0 saturated heterocycles. The molecule has 2 aromatic heterocycles. The molecule has 0 aliphatic carbocycles. The number of rotatable bonds is 7. The molecule has 4 nitrogen and oxygen atoms in total. The van der Waals surface area contributed by atoms with Gasteiger partial charge in [-0.1, -0.05) is 176 Å². The summed E-state index contributed by atoms with van der Waals surface area (Å²) in [5.41, 5.74) is 8.02. The molecule has 10 rings (SSSR count). The molecule has 0 saturated carbocycles. The fourth-order valence-electron chi connectivity index (χ4n) is 7.04. The van der Waals surface area contributed by atoms with Crippen LogP contribution in [-0.2, 0) is 0 Å². The Morgan fingerprint density at radius 1 is 0.345 bits per heavy atom. The van der Waals surface area contributed by atoms with Crippen molar-refractivity contribution in [2.24, 2.45) is 0 Å². The van der Waals surface area contributed by atoms with Gasteiger partial charge < -0.3 is 4.57 Å². The normalized spacial score (nSPS) is 13.3. The standard InChI is InChI=1S/C51H34N4/c1-4-15-35(16-5-1)37-27-29-38(30-28-37)40-21-14-22-42(33-40)50-52-49(39-19-8-3-9-20-39)53-51(54-50)45-32-31-41(36-17-6-2-7-18-36)34-48(45)55-46-25-12-10-23-43(46)44-24-11-13-26-47(44)55/h1-34H/i10D,11D,12D,13D,23D,24D,25D,26D. The summed E-state index contributed by atoms with van der Waals surface area (Å²) in [4.78, 5) is 15.2. The summed E-state index contributed by atoms with van der Waals surface area (Å²) in [6.45, 7) is 0. The van der Waals surface area contributed by atoms with Crippen LogP contribution < -0.4 is 0 Å². The average molecular weight is 711 g/mol. The van der Waals surface area contributed by atoms with Crippen molar-refractivity contribution >= 4 is 21.8 Å². The van der Waals surface area contributed by atoms with Gasteiger partial charge in [-0.25, -0.2) is 15.0 Å². The van der Waals surface area contributed by atoms with Gasteiger partial charge >= 0.3 is 0 Å². The second-order valence-electron chi connectivity index (χ2n) is 13.1. The van der Waals surface area contributed by atoms with Crippen LogP contribution in [0.2, 0.25) is 0 Å². The quantitative estimate of drug-likeness (QED) is 0.165. The van der Waals surface area contributed by atoms with Crippen LogP contribution in [0.4, 0.5) is 0 Å². The second kappa shape index (κ2) is 13.8. The molecule has 0 unspecified atom stereocenters. The third-order valence-corrected chi connectivity index (χ3v) is 9.73. The van der Waals surface area contributed by atoms with Crippen LogP contribution >= 0.6 is 0 Å². The van der Waals surface area contributed by atoms with Crippen LogP contribution in [0.3, 0.4) is 0 Å². The van der Waals surface area contributed by atoms with Gasteiger partial charge in [-0.15, -0.1) is 0 Å². The maximum Gasteiger partial charge on any atom is 0.166 e. The first-order chi connectivity index (χ1) is 30.6. The van der Waals surface area contributed by atoms with Gasteiger partial charge in [0.15, 0.2) is 17.5 Å². The predicted molar refractivity (Wildman–Crippen MR) is 227 cm³/mol. The lowest BCUT2D eigenvalue weighted by Gasteiger charge is -2.16. The van der Waals surface area contributed by atoms with Crippen molar-refractivity contribution in [3.63, 3.8) is 0 Å². The zero-order valence-corrected chi connectivity index (χ0v) is 29.3. The van der Waals surface area contributed by atoms with E-state index in [0.717, 1.165) is 44.5 Å². The molecule has 2 heterocycles. The van der Waals surface area contributed by atoms with Gasteiger partial charge in [0.1, 0.15) is 0 Å². The summed E-state index contributed by atoms with van der Waals surface area (Å²) in [6.07, 6.45) is 0. The Labute approximate surface area is 331 Å². The third-order valence-electron chi connectivity index (χ3n) is 9.73. The van der Waals surface area contributed by atoms with Crippen molar-refractivity contribution in [3.8, 4) is 73.2 Å². The lowest BCUT2D eigenvalue weighted by Crippen LogP contribution is -2.04. The van der Waals surface area contributed by atoms with Crippen LogP contribution in [-0.4, -0.2) is 19.5 Å². The van der Waals surface area contributed by atoms with E-state index in [4.69, 9.17) is 23.2 Å². The monoisotopic (exact) mass is 710 g/mol. The Morgan fingerprint density at radius 3 is 1.38 bits per heavy atom. The van der Waals surface area contributed by atoms with E-state index >= 15 is 0 Å². The number of fused-ring (bicyclic) bond motifs is 3. The van der Waals surface area contributed by atoms with Crippen molar-refractivity contribution in [3.05, 3.63) is 206 Å². The largest absolute Gasteiger partial charge is 0.308 e. The lowest BCUT2D eigenvalue weighted by molar-refractivity contribution is 1.06.